The Morgan fingerprint density at radius 3 is 2.80 bits per heavy atom. The molecule has 0 atom stereocenters. The van der Waals surface area contributed by atoms with E-state index in [1.54, 1.807) is 12.1 Å². The molecule has 0 heterocycles. The van der Waals surface area contributed by atoms with E-state index in [0.29, 0.717) is 11.3 Å². The fourth-order valence-corrected chi connectivity index (χ4v) is 1.33. The number of hydrogen-bond donors (Lipinski definition) is 1. The minimum Gasteiger partial charge on any atom is -0.497 e. The predicted octanol–water partition coefficient (Wildman–Crippen LogP) is 1.43. The minimum atomic E-state index is -0.476. The van der Waals surface area contributed by atoms with E-state index in [9.17, 15) is 10.1 Å². The van der Waals surface area contributed by atoms with Gasteiger partial charge in [-0.05, 0) is 12.1 Å². The molecule has 0 aliphatic carbocycles. The molecule has 5 nitrogen and oxygen atoms in total. The van der Waals surface area contributed by atoms with Gasteiger partial charge in [0.1, 0.15) is 5.75 Å². The van der Waals surface area contributed by atoms with Gasteiger partial charge in [-0.1, -0.05) is 12.2 Å². The van der Waals surface area contributed by atoms with E-state index in [0.717, 1.165) is 0 Å². The zero-order chi connectivity index (χ0) is 11.4. The normalized spacial score (nSPS) is 9.67. The Kier molecular flexibility index (Phi) is 3.56. The molecule has 1 aromatic rings. The molecule has 0 aliphatic rings. The van der Waals surface area contributed by atoms with Gasteiger partial charge in [0.25, 0.3) is 5.69 Å². The highest BCUT2D eigenvalue weighted by Crippen LogP contribution is 2.24. The first-order chi connectivity index (χ1) is 7.04. The average Bonchev–Trinajstić information content (AvgIpc) is 2.17. The molecule has 0 bridgehead atoms. The van der Waals surface area contributed by atoms with Crippen molar-refractivity contribution in [3.05, 3.63) is 33.9 Å². The number of thiocarbonyl (C=S) groups is 1. The van der Waals surface area contributed by atoms with Gasteiger partial charge in [-0.25, -0.2) is 0 Å². The fraction of sp³-hybridized carbons (Fsp3) is 0.222. The van der Waals surface area contributed by atoms with Crippen LogP contribution in [0.15, 0.2) is 18.2 Å². The zero-order valence-electron chi connectivity index (χ0n) is 8.10. The van der Waals surface area contributed by atoms with Crippen molar-refractivity contribution in [1.29, 1.82) is 0 Å². The molecule has 2 N–H and O–H groups in total. The summed E-state index contributed by atoms with van der Waals surface area (Å²) in [7, 11) is 1.45. The monoisotopic (exact) mass is 226 g/mol. The Morgan fingerprint density at radius 1 is 1.67 bits per heavy atom. The van der Waals surface area contributed by atoms with Gasteiger partial charge in [-0.2, -0.15) is 0 Å². The molecular formula is C9H10N2O3S. The quantitative estimate of drug-likeness (QED) is 0.477. The standard InChI is InChI=1S/C9H10N2O3S/c1-14-7-3-2-6(4-9(10)15)8(5-7)11(12)13/h2-3,5H,4H2,1H3,(H2,10,15). The molecule has 0 spiro atoms. The largest absolute Gasteiger partial charge is 0.497 e. The van der Waals surface area contributed by atoms with E-state index in [2.05, 4.69) is 0 Å². The Morgan fingerprint density at radius 2 is 2.33 bits per heavy atom. The topological polar surface area (TPSA) is 78.4 Å². The van der Waals surface area contributed by atoms with Crippen LogP contribution in [-0.4, -0.2) is 17.0 Å². The van der Waals surface area contributed by atoms with Crippen molar-refractivity contribution in [2.45, 2.75) is 6.42 Å². The zero-order valence-corrected chi connectivity index (χ0v) is 8.91. The second-order valence-corrected chi connectivity index (χ2v) is 3.42. The van der Waals surface area contributed by atoms with Gasteiger partial charge in [-0.15, -0.1) is 0 Å². The van der Waals surface area contributed by atoms with Crippen LogP contribution in [0, 0.1) is 10.1 Å². The summed E-state index contributed by atoms with van der Waals surface area (Å²) >= 11 is 4.71. The molecule has 0 saturated carbocycles. The van der Waals surface area contributed by atoms with Crippen LogP contribution in [-0.2, 0) is 6.42 Å². The second kappa shape index (κ2) is 4.70. The van der Waals surface area contributed by atoms with E-state index in [-0.39, 0.29) is 17.1 Å². The van der Waals surface area contributed by atoms with E-state index in [4.69, 9.17) is 22.7 Å². The minimum absolute atomic E-state index is 0.0258. The number of nitro groups is 1. The molecule has 1 rings (SSSR count). The molecule has 0 unspecified atom stereocenters. The Balaban J connectivity index is 3.15. The fourth-order valence-electron chi connectivity index (χ4n) is 1.18. The van der Waals surface area contributed by atoms with Crippen LogP contribution in [0.25, 0.3) is 0 Å². The maximum absolute atomic E-state index is 10.7. The number of nitrogens with two attached hydrogens (primary N) is 1. The van der Waals surface area contributed by atoms with Gasteiger partial charge in [-0.3, -0.25) is 10.1 Å². The lowest BCUT2D eigenvalue weighted by Crippen LogP contribution is -2.12. The molecule has 0 radical (unpaired) electrons. The highest BCUT2D eigenvalue weighted by Gasteiger charge is 2.15. The van der Waals surface area contributed by atoms with E-state index >= 15 is 0 Å². The third-order valence-corrected chi connectivity index (χ3v) is 2.00. The molecule has 0 saturated heterocycles. The molecule has 80 valence electrons. The van der Waals surface area contributed by atoms with E-state index in [1.807, 2.05) is 0 Å². The summed E-state index contributed by atoms with van der Waals surface area (Å²) in [4.78, 5) is 10.5. The lowest BCUT2D eigenvalue weighted by Gasteiger charge is -2.04. The number of rotatable bonds is 4. The number of ether oxygens (including phenoxy) is 1. The predicted molar refractivity (Wildman–Crippen MR) is 60.1 cm³/mol. The Hall–Kier alpha value is -1.69. The summed E-state index contributed by atoms with van der Waals surface area (Å²) in [5, 5.41) is 10.7. The lowest BCUT2D eigenvalue weighted by atomic mass is 10.1. The van der Waals surface area contributed by atoms with Crippen molar-refractivity contribution in [3.8, 4) is 5.75 Å². The Labute approximate surface area is 92.0 Å². The first-order valence-electron chi connectivity index (χ1n) is 4.14. The maximum atomic E-state index is 10.7. The molecule has 0 aliphatic heterocycles. The van der Waals surface area contributed by atoms with Crippen LogP contribution in [0.2, 0.25) is 0 Å². The summed E-state index contributed by atoms with van der Waals surface area (Å²) in [6.07, 6.45) is 0.218. The molecular weight excluding hydrogens is 216 g/mol. The molecule has 0 fully saturated rings. The third kappa shape index (κ3) is 2.88. The van der Waals surface area contributed by atoms with Crippen LogP contribution in [0.5, 0.6) is 5.75 Å². The number of benzene rings is 1. The van der Waals surface area contributed by atoms with Gasteiger partial charge in [0.05, 0.1) is 23.1 Å². The first kappa shape index (κ1) is 11.4. The summed E-state index contributed by atoms with van der Waals surface area (Å²) in [5.74, 6) is 0.438. The summed E-state index contributed by atoms with van der Waals surface area (Å²) in [5.41, 5.74) is 5.81. The van der Waals surface area contributed by atoms with Gasteiger partial charge in [0, 0.05) is 12.0 Å². The summed E-state index contributed by atoms with van der Waals surface area (Å²) in [6, 6.07) is 4.59. The summed E-state index contributed by atoms with van der Waals surface area (Å²) in [6.45, 7) is 0. The van der Waals surface area contributed by atoms with Crippen molar-refractivity contribution < 1.29 is 9.66 Å². The van der Waals surface area contributed by atoms with Gasteiger partial charge in [0.2, 0.25) is 0 Å². The van der Waals surface area contributed by atoms with Gasteiger partial charge in [0.15, 0.2) is 0 Å². The first-order valence-corrected chi connectivity index (χ1v) is 4.55. The maximum Gasteiger partial charge on any atom is 0.276 e. The number of nitro benzene ring substituents is 1. The SMILES string of the molecule is COc1ccc(CC(N)=S)c([N+](=O)[O-])c1. The van der Waals surface area contributed by atoms with Gasteiger partial charge >= 0.3 is 0 Å². The lowest BCUT2D eigenvalue weighted by molar-refractivity contribution is -0.385. The van der Waals surface area contributed by atoms with Crippen molar-refractivity contribution in [1.82, 2.24) is 0 Å². The van der Waals surface area contributed by atoms with Crippen LogP contribution in [0.3, 0.4) is 0 Å². The van der Waals surface area contributed by atoms with E-state index < -0.39 is 4.92 Å². The molecule has 0 amide bonds. The number of nitrogens with zero attached hydrogens (tertiary/aromatic N) is 1. The molecule has 15 heavy (non-hydrogen) atoms. The highest BCUT2D eigenvalue weighted by molar-refractivity contribution is 7.80. The number of methoxy groups -OCH3 is 1. The van der Waals surface area contributed by atoms with Crippen molar-refractivity contribution >= 4 is 22.9 Å². The van der Waals surface area contributed by atoms with E-state index in [1.165, 1.54) is 13.2 Å². The summed E-state index contributed by atoms with van der Waals surface area (Å²) < 4.78 is 4.90. The molecule has 1 aromatic carbocycles. The van der Waals surface area contributed by atoms with Crippen LogP contribution < -0.4 is 10.5 Å². The van der Waals surface area contributed by atoms with Crippen LogP contribution in [0.4, 0.5) is 5.69 Å². The second-order valence-electron chi connectivity index (χ2n) is 2.89. The highest BCUT2D eigenvalue weighted by atomic mass is 32.1. The smallest absolute Gasteiger partial charge is 0.276 e. The van der Waals surface area contributed by atoms with Crippen LogP contribution >= 0.6 is 12.2 Å². The number of hydrogen-bond acceptors (Lipinski definition) is 4. The van der Waals surface area contributed by atoms with Gasteiger partial charge < -0.3 is 10.5 Å². The third-order valence-electron chi connectivity index (χ3n) is 1.85. The van der Waals surface area contributed by atoms with Crippen molar-refractivity contribution in [2.24, 2.45) is 5.73 Å². The van der Waals surface area contributed by atoms with Crippen molar-refractivity contribution in [2.75, 3.05) is 7.11 Å². The van der Waals surface area contributed by atoms with Crippen molar-refractivity contribution in [3.63, 3.8) is 0 Å². The average molecular weight is 226 g/mol. The molecule has 6 heteroatoms. The van der Waals surface area contributed by atoms with Crippen LogP contribution in [0.1, 0.15) is 5.56 Å². The Bertz CT molecular complexity index is 406. The molecule has 0 aromatic heterocycles.